The summed E-state index contributed by atoms with van der Waals surface area (Å²) in [5.41, 5.74) is 2.51. The fourth-order valence-corrected chi connectivity index (χ4v) is 1.83. The van der Waals surface area contributed by atoms with Crippen molar-refractivity contribution in [1.82, 2.24) is 4.57 Å². The lowest BCUT2D eigenvalue weighted by molar-refractivity contribution is 0.126. The number of aryl methyl sites for hydroxylation is 1. The number of benzene rings is 1. The van der Waals surface area contributed by atoms with Crippen molar-refractivity contribution < 1.29 is 4.84 Å². The molecule has 1 aromatic heterocycles. The van der Waals surface area contributed by atoms with Crippen LogP contribution in [0.3, 0.4) is 0 Å². The van der Waals surface area contributed by atoms with Crippen LogP contribution in [0.2, 0.25) is 0 Å². The Morgan fingerprint density at radius 2 is 2.20 bits per heavy atom. The zero-order valence-electron chi connectivity index (χ0n) is 9.10. The lowest BCUT2D eigenvalue weighted by Crippen LogP contribution is -2.08. The van der Waals surface area contributed by atoms with Crippen LogP contribution in [-0.2, 0) is 11.9 Å². The van der Waals surface area contributed by atoms with Gasteiger partial charge in [-0.05, 0) is 23.1 Å². The standard InChI is InChI=1S/C12H16N2O/c1-9(8-15-13)11-4-3-10-5-6-14(2)12(10)7-11/h3-7,9H,8,13H2,1-2H3. The molecule has 0 aliphatic carbocycles. The smallest absolute Gasteiger partial charge is 0.0745 e. The second-order valence-corrected chi connectivity index (χ2v) is 3.98. The Kier molecular flexibility index (Phi) is 2.75. The van der Waals surface area contributed by atoms with E-state index in [2.05, 4.69) is 53.8 Å². The lowest BCUT2D eigenvalue weighted by Gasteiger charge is -2.10. The third-order valence-corrected chi connectivity index (χ3v) is 2.83. The number of hydrogen-bond donors (Lipinski definition) is 1. The van der Waals surface area contributed by atoms with Gasteiger partial charge in [-0.15, -0.1) is 0 Å². The Labute approximate surface area is 89.4 Å². The van der Waals surface area contributed by atoms with Gasteiger partial charge < -0.3 is 9.40 Å². The van der Waals surface area contributed by atoms with E-state index in [1.54, 1.807) is 0 Å². The fraction of sp³-hybridized carbons (Fsp3) is 0.333. The minimum absolute atomic E-state index is 0.328. The van der Waals surface area contributed by atoms with Gasteiger partial charge in [0.1, 0.15) is 0 Å². The molecule has 1 aromatic carbocycles. The molecule has 0 saturated heterocycles. The number of aromatic nitrogens is 1. The van der Waals surface area contributed by atoms with Gasteiger partial charge in [0.2, 0.25) is 0 Å². The maximum atomic E-state index is 5.08. The molecule has 2 N–H and O–H groups in total. The van der Waals surface area contributed by atoms with E-state index >= 15 is 0 Å². The quantitative estimate of drug-likeness (QED) is 0.778. The van der Waals surface area contributed by atoms with E-state index in [0.717, 1.165) is 0 Å². The molecule has 1 unspecified atom stereocenters. The summed E-state index contributed by atoms with van der Waals surface area (Å²) in [7, 11) is 2.05. The number of fused-ring (bicyclic) bond motifs is 1. The molecule has 0 aliphatic rings. The molecule has 0 aliphatic heterocycles. The highest BCUT2D eigenvalue weighted by Crippen LogP contribution is 2.22. The zero-order chi connectivity index (χ0) is 10.8. The average Bonchev–Trinajstić information content (AvgIpc) is 2.60. The summed E-state index contributed by atoms with van der Waals surface area (Å²) in [5, 5.41) is 1.27. The van der Waals surface area contributed by atoms with Gasteiger partial charge in [0.25, 0.3) is 0 Å². The van der Waals surface area contributed by atoms with Crippen molar-refractivity contribution in [1.29, 1.82) is 0 Å². The first kappa shape index (κ1) is 10.2. The molecule has 2 rings (SSSR count). The maximum Gasteiger partial charge on any atom is 0.0745 e. The van der Waals surface area contributed by atoms with E-state index < -0.39 is 0 Å². The van der Waals surface area contributed by atoms with Crippen molar-refractivity contribution in [2.45, 2.75) is 12.8 Å². The first-order valence-electron chi connectivity index (χ1n) is 5.09. The van der Waals surface area contributed by atoms with Crippen LogP contribution in [0.25, 0.3) is 10.9 Å². The van der Waals surface area contributed by atoms with E-state index in [1.165, 1.54) is 16.5 Å². The highest BCUT2D eigenvalue weighted by molar-refractivity contribution is 5.80. The second-order valence-electron chi connectivity index (χ2n) is 3.98. The Hall–Kier alpha value is -1.32. The van der Waals surface area contributed by atoms with E-state index in [4.69, 9.17) is 5.90 Å². The molecule has 0 amide bonds. The Morgan fingerprint density at radius 3 is 2.93 bits per heavy atom. The Morgan fingerprint density at radius 1 is 1.40 bits per heavy atom. The van der Waals surface area contributed by atoms with Gasteiger partial charge in [0, 0.05) is 24.7 Å². The SMILES string of the molecule is CC(CON)c1ccc2ccn(C)c2c1. The molecule has 1 atom stereocenters. The van der Waals surface area contributed by atoms with Crippen LogP contribution in [0.4, 0.5) is 0 Å². The van der Waals surface area contributed by atoms with Gasteiger partial charge in [0.05, 0.1) is 6.61 Å². The monoisotopic (exact) mass is 204 g/mol. The van der Waals surface area contributed by atoms with Crippen LogP contribution < -0.4 is 5.90 Å². The summed E-state index contributed by atoms with van der Waals surface area (Å²) in [6.45, 7) is 2.66. The Balaban J connectivity index is 2.41. The van der Waals surface area contributed by atoms with Crippen molar-refractivity contribution in [3.8, 4) is 0 Å². The lowest BCUT2D eigenvalue weighted by atomic mass is 10.0. The summed E-state index contributed by atoms with van der Waals surface area (Å²) in [4.78, 5) is 4.68. The largest absolute Gasteiger partial charge is 0.351 e. The first-order valence-corrected chi connectivity index (χ1v) is 5.09. The first-order chi connectivity index (χ1) is 7.22. The molecular weight excluding hydrogens is 188 g/mol. The molecule has 0 saturated carbocycles. The second kappa shape index (κ2) is 4.04. The van der Waals surface area contributed by atoms with Gasteiger partial charge in [-0.2, -0.15) is 0 Å². The van der Waals surface area contributed by atoms with Crippen LogP contribution in [0.5, 0.6) is 0 Å². The fourth-order valence-electron chi connectivity index (χ4n) is 1.83. The minimum Gasteiger partial charge on any atom is -0.351 e. The summed E-state index contributed by atoms with van der Waals surface area (Å²) < 4.78 is 2.12. The van der Waals surface area contributed by atoms with Crippen LogP contribution in [0.15, 0.2) is 30.5 Å². The van der Waals surface area contributed by atoms with Gasteiger partial charge in [0.15, 0.2) is 0 Å². The van der Waals surface area contributed by atoms with E-state index in [1.807, 2.05) is 0 Å². The molecule has 0 fully saturated rings. The van der Waals surface area contributed by atoms with E-state index in [-0.39, 0.29) is 0 Å². The van der Waals surface area contributed by atoms with Crippen LogP contribution in [-0.4, -0.2) is 11.2 Å². The van der Waals surface area contributed by atoms with Crippen molar-refractivity contribution in [3.05, 3.63) is 36.0 Å². The highest BCUT2D eigenvalue weighted by Gasteiger charge is 2.07. The predicted octanol–water partition coefficient (Wildman–Crippen LogP) is 2.17. The third kappa shape index (κ3) is 1.89. The van der Waals surface area contributed by atoms with Gasteiger partial charge in [-0.3, -0.25) is 0 Å². The topological polar surface area (TPSA) is 40.2 Å². The molecule has 80 valence electrons. The zero-order valence-corrected chi connectivity index (χ0v) is 9.10. The number of nitrogens with zero attached hydrogens (tertiary/aromatic N) is 1. The average molecular weight is 204 g/mol. The van der Waals surface area contributed by atoms with Crippen molar-refractivity contribution in [3.63, 3.8) is 0 Å². The summed E-state index contributed by atoms with van der Waals surface area (Å²) in [6, 6.07) is 8.58. The summed E-state index contributed by atoms with van der Waals surface area (Å²) in [5.74, 6) is 5.41. The molecule has 0 bridgehead atoms. The van der Waals surface area contributed by atoms with Gasteiger partial charge in [-0.1, -0.05) is 19.1 Å². The number of hydrogen-bond acceptors (Lipinski definition) is 2. The van der Waals surface area contributed by atoms with Crippen LogP contribution in [0, 0.1) is 0 Å². The van der Waals surface area contributed by atoms with Crippen LogP contribution >= 0.6 is 0 Å². The normalized spacial score (nSPS) is 13.3. The predicted molar refractivity (Wildman–Crippen MR) is 61.5 cm³/mol. The molecule has 2 aromatic rings. The van der Waals surface area contributed by atoms with E-state index in [9.17, 15) is 0 Å². The maximum absolute atomic E-state index is 5.08. The molecule has 1 heterocycles. The molecule has 15 heavy (non-hydrogen) atoms. The molecule has 0 radical (unpaired) electrons. The van der Waals surface area contributed by atoms with Crippen LogP contribution in [0.1, 0.15) is 18.4 Å². The van der Waals surface area contributed by atoms with Gasteiger partial charge >= 0.3 is 0 Å². The molecule has 3 heteroatoms. The summed E-state index contributed by atoms with van der Waals surface area (Å²) >= 11 is 0. The van der Waals surface area contributed by atoms with Crippen molar-refractivity contribution in [2.24, 2.45) is 12.9 Å². The molecule has 3 nitrogen and oxygen atoms in total. The number of nitrogens with two attached hydrogens (primary N) is 1. The van der Waals surface area contributed by atoms with E-state index in [0.29, 0.717) is 12.5 Å². The van der Waals surface area contributed by atoms with Gasteiger partial charge in [-0.25, -0.2) is 5.90 Å². The highest BCUT2D eigenvalue weighted by atomic mass is 16.6. The van der Waals surface area contributed by atoms with Crippen molar-refractivity contribution in [2.75, 3.05) is 6.61 Å². The summed E-state index contributed by atoms with van der Waals surface area (Å²) in [6.07, 6.45) is 2.07. The van der Waals surface area contributed by atoms with Crippen molar-refractivity contribution >= 4 is 10.9 Å². The minimum atomic E-state index is 0.328. The molecular formula is C12H16N2O. The third-order valence-electron chi connectivity index (χ3n) is 2.83. The molecule has 0 spiro atoms. The Bertz CT molecular complexity index is 462. The number of rotatable bonds is 3.